The van der Waals surface area contributed by atoms with E-state index in [9.17, 15) is 9.90 Å². The molecule has 0 saturated heterocycles. The molecule has 0 aliphatic carbocycles. The topological polar surface area (TPSA) is 67.8 Å². The Bertz CT molecular complexity index is 686. The summed E-state index contributed by atoms with van der Waals surface area (Å²) in [6.45, 7) is 0.363. The molecule has 5 nitrogen and oxygen atoms in total. The van der Waals surface area contributed by atoms with Gasteiger partial charge in [0, 0.05) is 23.6 Å². The SMILES string of the molecule is COc1cc(O)c(C(=O)NCc2ccc(SC)cc2)c(OC)c1. The molecular weight excluding hydrogens is 314 g/mol. The van der Waals surface area contributed by atoms with Crippen LogP contribution in [0.3, 0.4) is 0 Å². The third-order valence-electron chi connectivity index (χ3n) is 3.35. The first-order valence-corrected chi connectivity index (χ1v) is 8.17. The summed E-state index contributed by atoms with van der Waals surface area (Å²) >= 11 is 1.66. The number of rotatable bonds is 6. The minimum atomic E-state index is -0.407. The highest BCUT2D eigenvalue weighted by molar-refractivity contribution is 7.98. The number of carbonyl (C=O) groups excluding carboxylic acids is 1. The molecule has 0 aliphatic heterocycles. The van der Waals surface area contributed by atoms with Crippen LogP contribution in [0.25, 0.3) is 0 Å². The molecule has 0 aromatic heterocycles. The maximum Gasteiger partial charge on any atom is 0.259 e. The molecule has 6 heteroatoms. The van der Waals surface area contributed by atoms with Crippen LogP contribution in [-0.2, 0) is 6.54 Å². The summed E-state index contributed by atoms with van der Waals surface area (Å²) in [7, 11) is 2.92. The van der Waals surface area contributed by atoms with Gasteiger partial charge in [-0.25, -0.2) is 0 Å². The van der Waals surface area contributed by atoms with Crippen molar-refractivity contribution in [3.8, 4) is 17.2 Å². The number of hydrogen-bond acceptors (Lipinski definition) is 5. The minimum absolute atomic E-state index is 0.0917. The van der Waals surface area contributed by atoms with Gasteiger partial charge in [0.05, 0.1) is 14.2 Å². The lowest BCUT2D eigenvalue weighted by Gasteiger charge is -2.13. The van der Waals surface area contributed by atoms with Gasteiger partial charge in [0.1, 0.15) is 22.8 Å². The van der Waals surface area contributed by atoms with Gasteiger partial charge < -0.3 is 19.9 Å². The Hall–Kier alpha value is -2.34. The quantitative estimate of drug-likeness (QED) is 0.795. The van der Waals surface area contributed by atoms with Gasteiger partial charge in [-0.3, -0.25) is 4.79 Å². The van der Waals surface area contributed by atoms with Gasteiger partial charge in [-0.2, -0.15) is 0 Å². The minimum Gasteiger partial charge on any atom is -0.507 e. The van der Waals surface area contributed by atoms with Gasteiger partial charge in [-0.15, -0.1) is 11.8 Å². The third-order valence-corrected chi connectivity index (χ3v) is 4.09. The predicted molar refractivity (Wildman–Crippen MR) is 90.6 cm³/mol. The number of aromatic hydroxyl groups is 1. The van der Waals surface area contributed by atoms with Gasteiger partial charge >= 0.3 is 0 Å². The lowest BCUT2D eigenvalue weighted by Crippen LogP contribution is -2.23. The molecule has 0 saturated carbocycles. The van der Waals surface area contributed by atoms with Crippen molar-refractivity contribution in [3.63, 3.8) is 0 Å². The second-order valence-electron chi connectivity index (χ2n) is 4.75. The first-order chi connectivity index (χ1) is 11.1. The molecule has 0 spiro atoms. The van der Waals surface area contributed by atoms with Crippen LogP contribution in [0.1, 0.15) is 15.9 Å². The van der Waals surface area contributed by atoms with E-state index in [1.165, 1.54) is 20.3 Å². The maximum atomic E-state index is 12.3. The highest BCUT2D eigenvalue weighted by Gasteiger charge is 2.19. The number of thioether (sulfide) groups is 1. The lowest BCUT2D eigenvalue weighted by molar-refractivity contribution is 0.0945. The van der Waals surface area contributed by atoms with Crippen molar-refractivity contribution >= 4 is 17.7 Å². The molecule has 0 aliphatic rings. The summed E-state index contributed by atoms with van der Waals surface area (Å²) in [4.78, 5) is 13.5. The molecule has 0 unspecified atom stereocenters. The Morgan fingerprint density at radius 3 is 2.43 bits per heavy atom. The number of benzene rings is 2. The average Bonchev–Trinajstić information content (AvgIpc) is 2.59. The second kappa shape index (κ2) is 7.78. The standard InChI is InChI=1S/C17H19NO4S/c1-21-12-8-14(19)16(15(9-12)22-2)17(20)18-10-11-4-6-13(23-3)7-5-11/h4-9,19H,10H2,1-3H3,(H,18,20). The number of phenolic OH excluding ortho intramolecular Hbond substituents is 1. The Labute approximate surface area is 139 Å². The molecule has 0 bridgehead atoms. The van der Waals surface area contributed by atoms with Crippen LogP contribution in [0.4, 0.5) is 0 Å². The van der Waals surface area contributed by atoms with E-state index < -0.39 is 5.91 Å². The molecule has 0 heterocycles. The van der Waals surface area contributed by atoms with Crippen molar-refractivity contribution in [1.82, 2.24) is 5.32 Å². The molecule has 2 aromatic rings. The largest absolute Gasteiger partial charge is 0.507 e. The Kier molecular flexibility index (Phi) is 5.76. The Morgan fingerprint density at radius 2 is 1.87 bits per heavy atom. The predicted octanol–water partition coefficient (Wildman–Crippen LogP) is 3.06. The molecule has 0 fully saturated rings. The summed E-state index contributed by atoms with van der Waals surface area (Å²) < 4.78 is 10.2. The monoisotopic (exact) mass is 333 g/mol. The zero-order chi connectivity index (χ0) is 16.8. The summed E-state index contributed by atoms with van der Waals surface area (Å²) in [5, 5.41) is 12.8. The summed E-state index contributed by atoms with van der Waals surface area (Å²) in [5.74, 6) is 0.0908. The molecule has 0 atom stereocenters. The van der Waals surface area contributed by atoms with Crippen molar-refractivity contribution in [2.24, 2.45) is 0 Å². The molecule has 2 N–H and O–H groups in total. The highest BCUT2D eigenvalue weighted by atomic mass is 32.2. The first kappa shape index (κ1) is 17.0. The number of phenols is 1. The van der Waals surface area contributed by atoms with E-state index in [0.29, 0.717) is 12.3 Å². The fourth-order valence-corrected chi connectivity index (χ4v) is 2.51. The Morgan fingerprint density at radius 1 is 1.17 bits per heavy atom. The van der Waals surface area contributed by atoms with E-state index in [2.05, 4.69) is 5.32 Å². The van der Waals surface area contributed by atoms with E-state index in [0.717, 1.165) is 10.5 Å². The van der Waals surface area contributed by atoms with Gasteiger partial charge in [-0.05, 0) is 24.0 Å². The van der Waals surface area contributed by atoms with E-state index in [1.54, 1.807) is 17.8 Å². The highest BCUT2D eigenvalue weighted by Crippen LogP contribution is 2.33. The number of methoxy groups -OCH3 is 2. The zero-order valence-corrected chi connectivity index (χ0v) is 14.1. The fourth-order valence-electron chi connectivity index (χ4n) is 2.10. The van der Waals surface area contributed by atoms with Crippen LogP contribution in [-0.4, -0.2) is 31.5 Å². The summed E-state index contributed by atoms with van der Waals surface area (Å²) in [5.41, 5.74) is 1.07. The van der Waals surface area contributed by atoms with E-state index in [-0.39, 0.29) is 17.1 Å². The third kappa shape index (κ3) is 4.10. The van der Waals surface area contributed by atoms with Crippen molar-refractivity contribution in [1.29, 1.82) is 0 Å². The number of carbonyl (C=O) groups is 1. The van der Waals surface area contributed by atoms with Crippen LogP contribution in [0.2, 0.25) is 0 Å². The summed E-state index contributed by atoms with van der Waals surface area (Å²) in [6.07, 6.45) is 2.01. The molecule has 1 amide bonds. The van der Waals surface area contributed by atoms with Gasteiger partial charge in [0.2, 0.25) is 0 Å². The number of ether oxygens (including phenoxy) is 2. The maximum absolute atomic E-state index is 12.3. The smallest absolute Gasteiger partial charge is 0.259 e. The van der Waals surface area contributed by atoms with Crippen molar-refractivity contribution in [3.05, 3.63) is 47.5 Å². The molecular formula is C17H19NO4S. The molecule has 23 heavy (non-hydrogen) atoms. The van der Waals surface area contributed by atoms with Crippen LogP contribution < -0.4 is 14.8 Å². The number of hydrogen-bond donors (Lipinski definition) is 2. The number of nitrogens with one attached hydrogen (secondary N) is 1. The van der Waals surface area contributed by atoms with Crippen molar-refractivity contribution in [2.75, 3.05) is 20.5 Å². The van der Waals surface area contributed by atoms with Crippen LogP contribution in [0, 0.1) is 0 Å². The van der Waals surface area contributed by atoms with Crippen molar-refractivity contribution < 1.29 is 19.4 Å². The summed E-state index contributed by atoms with van der Waals surface area (Å²) in [6, 6.07) is 10.8. The van der Waals surface area contributed by atoms with Gasteiger partial charge in [-0.1, -0.05) is 12.1 Å². The van der Waals surface area contributed by atoms with Crippen LogP contribution >= 0.6 is 11.8 Å². The first-order valence-electron chi connectivity index (χ1n) is 6.95. The fraction of sp³-hybridized carbons (Fsp3) is 0.235. The van der Waals surface area contributed by atoms with E-state index >= 15 is 0 Å². The molecule has 2 rings (SSSR count). The normalized spacial score (nSPS) is 10.2. The zero-order valence-electron chi connectivity index (χ0n) is 13.3. The molecule has 0 radical (unpaired) electrons. The van der Waals surface area contributed by atoms with E-state index in [4.69, 9.17) is 9.47 Å². The second-order valence-corrected chi connectivity index (χ2v) is 5.63. The van der Waals surface area contributed by atoms with E-state index in [1.807, 2.05) is 30.5 Å². The Balaban J connectivity index is 2.13. The number of amides is 1. The van der Waals surface area contributed by atoms with Crippen LogP contribution in [0.15, 0.2) is 41.3 Å². The van der Waals surface area contributed by atoms with Crippen molar-refractivity contribution in [2.45, 2.75) is 11.4 Å². The molecule has 2 aromatic carbocycles. The molecule has 122 valence electrons. The van der Waals surface area contributed by atoms with Crippen LogP contribution in [0.5, 0.6) is 17.2 Å². The van der Waals surface area contributed by atoms with Gasteiger partial charge in [0.15, 0.2) is 0 Å². The lowest BCUT2D eigenvalue weighted by atomic mass is 10.1. The average molecular weight is 333 g/mol. The van der Waals surface area contributed by atoms with Gasteiger partial charge in [0.25, 0.3) is 5.91 Å².